The van der Waals surface area contributed by atoms with Gasteiger partial charge in [-0.2, -0.15) is 5.10 Å². The minimum absolute atomic E-state index is 0.0248. The third-order valence-electron chi connectivity index (χ3n) is 15.5. The van der Waals surface area contributed by atoms with Crippen molar-refractivity contribution in [2.45, 2.75) is 108 Å². The van der Waals surface area contributed by atoms with Gasteiger partial charge in [0, 0.05) is 75.3 Å². The number of aliphatic hydroxyl groups excluding tert-OH is 2. The highest BCUT2D eigenvalue weighted by Crippen LogP contribution is 2.42. The zero-order valence-electron chi connectivity index (χ0n) is 46.3. The number of aromatic amines is 1. The Morgan fingerprint density at radius 3 is 2.32 bits per heavy atom. The molecule has 4 fully saturated rings. The van der Waals surface area contributed by atoms with Crippen LogP contribution >= 0.6 is 11.3 Å². The number of nitrogens with zero attached hydrogens (tertiary/aromatic N) is 8. The predicted octanol–water partition coefficient (Wildman–Crippen LogP) is 4.35. The van der Waals surface area contributed by atoms with Crippen LogP contribution in [0, 0.1) is 18.2 Å². The number of ether oxygens (including phenoxy) is 1. The molecule has 8 N–H and O–H groups in total. The van der Waals surface area contributed by atoms with E-state index < -0.39 is 59.2 Å². The van der Waals surface area contributed by atoms with E-state index >= 15 is 4.39 Å². The minimum Gasteiger partial charge on any atom is -0.392 e. The lowest BCUT2D eigenvalue weighted by atomic mass is 9.84. The summed E-state index contributed by atoms with van der Waals surface area (Å²) in [4.78, 5) is 86.7. The average molecular weight is 1150 g/mol. The molecule has 5 amide bonds. The summed E-state index contributed by atoms with van der Waals surface area (Å²) in [6, 6.07) is 8.91. The number of benzene rings is 2. The van der Waals surface area contributed by atoms with Crippen molar-refractivity contribution < 1.29 is 47.7 Å². The first-order valence-electron chi connectivity index (χ1n) is 27.8. The summed E-state index contributed by atoms with van der Waals surface area (Å²) in [6.07, 6.45) is 6.78. The lowest BCUT2D eigenvalue weighted by Gasteiger charge is -2.41. The van der Waals surface area contributed by atoms with Gasteiger partial charge in [0.1, 0.15) is 12.0 Å². The number of piperazine rings is 1. The average Bonchev–Trinajstić information content (AvgIpc) is 4.26. The molecule has 4 aliphatic rings. The number of aromatic nitrogens is 6. The first-order chi connectivity index (χ1) is 39.3. The van der Waals surface area contributed by atoms with E-state index in [1.807, 2.05) is 46.7 Å². The van der Waals surface area contributed by atoms with Gasteiger partial charge >= 0.3 is 0 Å². The molecule has 0 radical (unpaired) electrons. The van der Waals surface area contributed by atoms with Gasteiger partial charge in [-0.25, -0.2) is 23.7 Å². The summed E-state index contributed by atoms with van der Waals surface area (Å²) >= 11 is 1.49. The highest BCUT2D eigenvalue weighted by Gasteiger charge is 2.53. The van der Waals surface area contributed by atoms with Crippen molar-refractivity contribution in [1.82, 2.24) is 65.5 Å². The number of halogens is 2. The zero-order chi connectivity index (χ0) is 57.9. The molecule has 6 aromatic rings. The van der Waals surface area contributed by atoms with Crippen molar-refractivity contribution in [3.8, 4) is 21.7 Å². The van der Waals surface area contributed by atoms with Crippen LogP contribution in [0.5, 0.6) is 0 Å². The van der Waals surface area contributed by atoms with Gasteiger partial charge in [0.25, 0.3) is 11.8 Å². The number of rotatable bonds is 23. The summed E-state index contributed by atoms with van der Waals surface area (Å²) in [7, 11) is 0. The first kappa shape index (κ1) is 57.9. The molecule has 4 aromatic heterocycles. The van der Waals surface area contributed by atoms with Crippen LogP contribution in [-0.4, -0.2) is 180 Å². The van der Waals surface area contributed by atoms with E-state index in [1.165, 1.54) is 28.4 Å². The Morgan fingerprint density at radius 1 is 0.939 bits per heavy atom. The van der Waals surface area contributed by atoms with Crippen molar-refractivity contribution in [3.63, 3.8) is 0 Å². The second-order valence-electron chi connectivity index (χ2n) is 22.8. The molecule has 22 nitrogen and oxygen atoms in total. The summed E-state index contributed by atoms with van der Waals surface area (Å²) in [6.45, 7) is 9.54. The van der Waals surface area contributed by atoms with Crippen LogP contribution < -0.4 is 26.6 Å². The number of carbonyl (C=O) groups is 5. The van der Waals surface area contributed by atoms with Gasteiger partial charge in [0.05, 0.1) is 96.0 Å². The van der Waals surface area contributed by atoms with Crippen LogP contribution in [0.2, 0.25) is 0 Å². The lowest BCUT2D eigenvalue weighted by molar-refractivity contribution is -0.138. The molecule has 1 unspecified atom stereocenters. The predicted molar refractivity (Wildman–Crippen MR) is 301 cm³/mol. The number of anilines is 2. The van der Waals surface area contributed by atoms with Gasteiger partial charge in [-0.15, -0.1) is 11.3 Å². The van der Waals surface area contributed by atoms with Crippen LogP contribution in [-0.2, 0) is 23.9 Å². The van der Waals surface area contributed by atoms with E-state index in [0.29, 0.717) is 49.1 Å². The van der Waals surface area contributed by atoms with Gasteiger partial charge < -0.3 is 46.4 Å². The van der Waals surface area contributed by atoms with E-state index in [0.717, 1.165) is 45.9 Å². The van der Waals surface area contributed by atoms with Gasteiger partial charge in [-0.1, -0.05) is 45.0 Å². The maximum Gasteiger partial charge on any atom is 0.258 e. The first-order valence-corrected chi connectivity index (χ1v) is 28.7. The fourth-order valence-corrected chi connectivity index (χ4v) is 11.3. The molecular formula is C57H70F2N14O8S. The number of imidazole rings is 1. The molecule has 6 heterocycles. The topological polar surface area (TPSA) is 277 Å². The Balaban J connectivity index is 0.660. The van der Waals surface area contributed by atoms with E-state index in [9.17, 15) is 38.6 Å². The van der Waals surface area contributed by atoms with Crippen LogP contribution in [0.25, 0.3) is 27.3 Å². The van der Waals surface area contributed by atoms with Crippen molar-refractivity contribution in [2.75, 3.05) is 70.9 Å². The molecule has 2 aromatic carbocycles. The van der Waals surface area contributed by atoms with Crippen LogP contribution in [0.3, 0.4) is 0 Å². The molecular weight excluding hydrogens is 1080 g/mol. The standard InChI is InChI=1S/C57H70F2N14O8S/c1-33-48(82-32-63-33)36-9-7-34(8-10-36)42(68-52(77)44-24-39(74)29-73(44)54(79)49(56(2,3)4)69-55(80)57(59)13-14-57)25-46(75)60-15-21-81-22-16-61-47(76)31-70-17-19-71(20-18-70)53(78)37-11-12-41(40(58)23-37)66-50-51-62-28-45(38-26-64-65-27-38)72(51)30-43(67-50)35-5-6-35/h7-12,23,26-28,30,32,35,39,42,44,49,54,74,79H,5-6,13-22,24-25,29,31H2,1-4H3,(H,60,75)(H,61,76)(H,64,65)(H,66,67)(H,68,77)(H,69,80)/t39-,42+,44+,49-,54?/m1/s1. The van der Waals surface area contributed by atoms with Crippen molar-refractivity contribution in [1.29, 1.82) is 0 Å². The number of nitrogens with one attached hydrogen (secondary N) is 6. The van der Waals surface area contributed by atoms with Gasteiger partial charge in [0.2, 0.25) is 17.7 Å². The number of β-amino-alcohol motifs (C(OH)–C–C–N with tert-alkyl or cyclic N) is 1. The molecule has 2 aliphatic carbocycles. The van der Waals surface area contributed by atoms with E-state index in [-0.39, 0.29) is 94.0 Å². The lowest BCUT2D eigenvalue weighted by Crippen LogP contribution is -2.61. The number of likely N-dealkylation sites (tertiary alicyclic amines) is 1. The Labute approximate surface area is 476 Å². The second-order valence-corrected chi connectivity index (χ2v) is 23.6. The van der Waals surface area contributed by atoms with Crippen molar-refractivity contribution in [2.24, 2.45) is 5.41 Å². The molecule has 5 atom stereocenters. The minimum atomic E-state index is -1.99. The Bertz CT molecular complexity index is 3260. The maximum absolute atomic E-state index is 15.7. The number of amides is 5. The van der Waals surface area contributed by atoms with Crippen LogP contribution in [0.1, 0.15) is 98.6 Å². The summed E-state index contributed by atoms with van der Waals surface area (Å²) in [5.74, 6) is -2.18. The monoisotopic (exact) mass is 1150 g/mol. The van der Waals surface area contributed by atoms with Crippen molar-refractivity contribution in [3.05, 3.63) is 101 Å². The number of aryl methyl sites for hydroxylation is 1. The third-order valence-corrected chi connectivity index (χ3v) is 16.5. The Kier molecular flexibility index (Phi) is 17.4. The number of carbonyl (C=O) groups excluding carboxylic acids is 5. The Hall–Kier alpha value is -7.29. The second kappa shape index (κ2) is 24.7. The maximum atomic E-state index is 15.7. The van der Waals surface area contributed by atoms with Gasteiger partial charge in [-0.3, -0.25) is 43.3 Å². The highest BCUT2D eigenvalue weighted by atomic mass is 32.1. The summed E-state index contributed by atoms with van der Waals surface area (Å²) < 4.78 is 38.1. The number of thiazole rings is 1. The van der Waals surface area contributed by atoms with E-state index in [2.05, 4.69) is 46.7 Å². The smallest absolute Gasteiger partial charge is 0.258 e. The normalized spacial score (nSPS) is 19.3. The molecule has 2 saturated heterocycles. The highest BCUT2D eigenvalue weighted by molar-refractivity contribution is 7.13. The number of alkyl halides is 1. The SMILES string of the molecule is Cc1ncsc1-c1ccc([C@H](CC(=O)NCCOCCNC(=O)CN2CCN(C(=O)c3ccc(Nc4nc(C5CC5)cn5c(-c6cn[nH]c6)cnc45)c(F)c3)CC2)NC(=O)[C@@H]2C[C@@H](O)CN2C(O)[C@@H](NC(=O)C2(F)CC2)C(C)(C)C)cc1. The molecule has 0 bridgehead atoms. The number of fused-ring (bicyclic) bond motifs is 1. The molecule has 0 spiro atoms. The summed E-state index contributed by atoms with van der Waals surface area (Å²) in [5.41, 5.74) is 4.86. The molecule has 25 heteroatoms. The van der Waals surface area contributed by atoms with Gasteiger partial charge in [0.15, 0.2) is 17.1 Å². The number of aliphatic hydroxyl groups is 2. The number of hydrogen-bond donors (Lipinski definition) is 8. The summed E-state index contributed by atoms with van der Waals surface area (Å²) in [5, 5.41) is 43.9. The molecule has 82 heavy (non-hydrogen) atoms. The van der Waals surface area contributed by atoms with Crippen molar-refractivity contribution >= 4 is 58.0 Å². The van der Waals surface area contributed by atoms with Crippen LogP contribution in [0.4, 0.5) is 20.3 Å². The zero-order valence-corrected chi connectivity index (χ0v) is 47.1. The molecule has 2 saturated carbocycles. The fourth-order valence-electron chi connectivity index (χ4n) is 10.5. The van der Waals surface area contributed by atoms with E-state index in [4.69, 9.17) is 9.72 Å². The fraction of sp³-hybridized carbons (Fsp3) is 0.491. The van der Waals surface area contributed by atoms with Gasteiger partial charge in [-0.05, 0) is 73.8 Å². The number of H-pyrrole nitrogens is 1. The quantitative estimate of drug-likeness (QED) is 0.0414. The van der Waals surface area contributed by atoms with E-state index in [1.54, 1.807) is 55.8 Å². The number of hydrogen-bond acceptors (Lipinski definition) is 16. The Morgan fingerprint density at radius 2 is 1.67 bits per heavy atom. The molecule has 2 aliphatic heterocycles. The largest absolute Gasteiger partial charge is 0.392 e. The van der Waals surface area contributed by atoms with Crippen LogP contribution in [0.15, 0.2) is 72.8 Å². The molecule has 10 rings (SSSR count). The third kappa shape index (κ3) is 13.6. The molecule has 436 valence electrons.